The molecule has 188 valence electrons. The van der Waals surface area contributed by atoms with Crippen molar-refractivity contribution in [2.45, 2.75) is 6.92 Å². The Balaban J connectivity index is 1.39. The summed E-state index contributed by atoms with van der Waals surface area (Å²) in [6, 6.07) is 26.2. The molecule has 0 aliphatic carbocycles. The first-order chi connectivity index (χ1) is 17.9. The SMILES string of the molecule is COc1cc(C=Nc2ccc(Oc3ccccc3)cc2)cc(I)c1OCC(=O)Nc1ccc(C)c(Cl)c1. The van der Waals surface area contributed by atoms with Crippen LogP contribution in [0.5, 0.6) is 23.0 Å². The van der Waals surface area contributed by atoms with E-state index in [9.17, 15) is 4.79 Å². The second kappa shape index (κ2) is 12.6. The van der Waals surface area contributed by atoms with E-state index in [1.165, 1.54) is 0 Å². The van der Waals surface area contributed by atoms with E-state index in [4.69, 9.17) is 25.8 Å². The van der Waals surface area contributed by atoms with Crippen molar-refractivity contribution in [1.82, 2.24) is 0 Å². The molecule has 0 aliphatic heterocycles. The monoisotopic (exact) mass is 626 g/mol. The summed E-state index contributed by atoms with van der Waals surface area (Å²) in [4.78, 5) is 16.9. The molecule has 0 spiro atoms. The molecule has 1 amide bonds. The molecule has 4 aromatic rings. The summed E-state index contributed by atoms with van der Waals surface area (Å²) in [5, 5.41) is 3.37. The Labute approximate surface area is 234 Å². The standard InChI is InChI=1S/C29H24ClIN2O4/c1-19-8-9-22(16-25(19)30)33-28(34)18-36-29-26(31)14-20(15-27(29)35-2)17-32-21-10-12-24(13-11-21)37-23-6-4-3-5-7-23/h3-17H,18H2,1-2H3,(H,33,34). The normalized spacial score (nSPS) is 10.8. The molecule has 0 aromatic heterocycles. The third-order valence-corrected chi connectivity index (χ3v) is 6.44. The van der Waals surface area contributed by atoms with Crippen LogP contribution in [0, 0.1) is 10.5 Å². The Morgan fingerprint density at radius 3 is 2.43 bits per heavy atom. The maximum absolute atomic E-state index is 12.4. The number of methoxy groups -OCH3 is 1. The lowest BCUT2D eigenvalue weighted by Crippen LogP contribution is -2.20. The van der Waals surface area contributed by atoms with Gasteiger partial charge in [-0.15, -0.1) is 0 Å². The van der Waals surface area contributed by atoms with E-state index >= 15 is 0 Å². The van der Waals surface area contributed by atoms with Crippen LogP contribution in [0.1, 0.15) is 11.1 Å². The number of para-hydroxylation sites is 1. The summed E-state index contributed by atoms with van der Waals surface area (Å²) in [6.45, 7) is 1.72. The van der Waals surface area contributed by atoms with Crippen LogP contribution in [-0.4, -0.2) is 25.8 Å². The van der Waals surface area contributed by atoms with Gasteiger partial charge in [-0.2, -0.15) is 0 Å². The van der Waals surface area contributed by atoms with Crippen molar-refractivity contribution in [3.8, 4) is 23.0 Å². The number of amides is 1. The van der Waals surface area contributed by atoms with Crippen molar-refractivity contribution >= 4 is 57.7 Å². The largest absolute Gasteiger partial charge is 0.493 e. The quantitative estimate of drug-likeness (QED) is 0.152. The van der Waals surface area contributed by atoms with E-state index in [0.717, 1.165) is 31.9 Å². The maximum Gasteiger partial charge on any atom is 0.262 e. The molecule has 0 saturated heterocycles. The number of anilines is 1. The Bertz CT molecular complexity index is 1410. The van der Waals surface area contributed by atoms with Crippen LogP contribution in [-0.2, 0) is 4.79 Å². The molecule has 0 bridgehead atoms. The van der Waals surface area contributed by atoms with Gasteiger partial charge in [0, 0.05) is 16.9 Å². The first-order valence-corrected chi connectivity index (χ1v) is 12.8. The smallest absolute Gasteiger partial charge is 0.262 e. The molecular formula is C29H24ClIN2O4. The second-order valence-electron chi connectivity index (χ2n) is 8.00. The molecule has 37 heavy (non-hydrogen) atoms. The van der Waals surface area contributed by atoms with Crippen molar-refractivity contribution in [3.05, 3.63) is 105 Å². The van der Waals surface area contributed by atoms with E-state index in [0.29, 0.717) is 22.2 Å². The lowest BCUT2D eigenvalue weighted by molar-refractivity contribution is -0.118. The number of benzene rings is 4. The predicted molar refractivity (Wildman–Crippen MR) is 156 cm³/mol. The minimum Gasteiger partial charge on any atom is -0.493 e. The molecule has 0 fully saturated rings. The highest BCUT2D eigenvalue weighted by molar-refractivity contribution is 14.1. The van der Waals surface area contributed by atoms with Gasteiger partial charge in [0.15, 0.2) is 18.1 Å². The summed E-state index contributed by atoms with van der Waals surface area (Å²) < 4.78 is 17.9. The summed E-state index contributed by atoms with van der Waals surface area (Å²) in [5.41, 5.74) is 3.16. The molecule has 0 atom stereocenters. The summed E-state index contributed by atoms with van der Waals surface area (Å²) in [5.74, 6) is 2.20. The van der Waals surface area contributed by atoms with Crippen molar-refractivity contribution < 1.29 is 19.0 Å². The molecule has 8 heteroatoms. The van der Waals surface area contributed by atoms with Gasteiger partial charge in [-0.3, -0.25) is 9.79 Å². The van der Waals surface area contributed by atoms with Gasteiger partial charge in [0.1, 0.15) is 11.5 Å². The minimum atomic E-state index is -0.303. The van der Waals surface area contributed by atoms with E-state index in [2.05, 4.69) is 32.9 Å². The number of halogens is 2. The van der Waals surface area contributed by atoms with Gasteiger partial charge in [-0.1, -0.05) is 35.9 Å². The number of nitrogens with one attached hydrogen (secondary N) is 1. The Kier molecular flexibility index (Phi) is 9.03. The number of hydrogen-bond donors (Lipinski definition) is 1. The highest BCUT2D eigenvalue weighted by Crippen LogP contribution is 2.34. The van der Waals surface area contributed by atoms with Gasteiger partial charge < -0.3 is 19.5 Å². The number of carbonyl (C=O) groups excluding carboxylic acids is 1. The predicted octanol–water partition coefficient (Wildman–Crippen LogP) is 7.82. The molecule has 6 nitrogen and oxygen atoms in total. The van der Waals surface area contributed by atoms with Gasteiger partial charge in [-0.25, -0.2) is 0 Å². The summed E-state index contributed by atoms with van der Waals surface area (Å²) >= 11 is 8.28. The average Bonchev–Trinajstić information content (AvgIpc) is 2.90. The maximum atomic E-state index is 12.4. The fourth-order valence-corrected chi connectivity index (χ4v) is 4.30. The van der Waals surface area contributed by atoms with Gasteiger partial charge >= 0.3 is 0 Å². The Morgan fingerprint density at radius 1 is 1.00 bits per heavy atom. The van der Waals surface area contributed by atoms with Crippen LogP contribution >= 0.6 is 34.2 Å². The summed E-state index contributed by atoms with van der Waals surface area (Å²) in [7, 11) is 1.55. The number of hydrogen-bond acceptors (Lipinski definition) is 5. The number of aliphatic imine (C=N–C) groups is 1. The number of carbonyl (C=O) groups is 1. The van der Waals surface area contributed by atoms with Crippen LogP contribution in [0.15, 0.2) is 89.9 Å². The summed E-state index contributed by atoms with van der Waals surface area (Å²) in [6.07, 6.45) is 1.75. The van der Waals surface area contributed by atoms with E-state index < -0.39 is 0 Å². The lowest BCUT2D eigenvalue weighted by Gasteiger charge is -2.14. The average molecular weight is 627 g/mol. The molecule has 0 saturated carbocycles. The van der Waals surface area contributed by atoms with Crippen molar-refractivity contribution in [1.29, 1.82) is 0 Å². The molecule has 1 N–H and O–H groups in total. The van der Waals surface area contributed by atoms with Gasteiger partial charge in [-0.05, 0) is 101 Å². The fraction of sp³-hybridized carbons (Fsp3) is 0.103. The minimum absolute atomic E-state index is 0.178. The van der Waals surface area contributed by atoms with Crippen molar-refractivity contribution in [2.75, 3.05) is 19.0 Å². The highest BCUT2D eigenvalue weighted by atomic mass is 127. The van der Waals surface area contributed by atoms with E-state index in [1.54, 1.807) is 25.5 Å². The molecule has 0 unspecified atom stereocenters. The topological polar surface area (TPSA) is 69.1 Å². The zero-order valence-corrected chi connectivity index (χ0v) is 23.1. The number of aryl methyl sites for hydroxylation is 1. The van der Waals surface area contributed by atoms with Crippen LogP contribution < -0.4 is 19.5 Å². The van der Waals surface area contributed by atoms with Crippen LogP contribution in [0.2, 0.25) is 5.02 Å². The first kappa shape index (κ1) is 26.5. The molecule has 0 aliphatic rings. The molecular weight excluding hydrogens is 603 g/mol. The van der Waals surface area contributed by atoms with Crippen LogP contribution in [0.25, 0.3) is 0 Å². The van der Waals surface area contributed by atoms with Gasteiger partial charge in [0.25, 0.3) is 5.91 Å². The Hall–Kier alpha value is -3.56. The fourth-order valence-electron chi connectivity index (χ4n) is 3.33. The third-order valence-electron chi connectivity index (χ3n) is 5.23. The Morgan fingerprint density at radius 2 is 1.73 bits per heavy atom. The number of nitrogens with zero attached hydrogens (tertiary/aromatic N) is 1. The van der Waals surface area contributed by atoms with E-state index in [1.807, 2.05) is 79.7 Å². The van der Waals surface area contributed by atoms with Crippen LogP contribution in [0.3, 0.4) is 0 Å². The second-order valence-corrected chi connectivity index (χ2v) is 9.57. The van der Waals surface area contributed by atoms with Gasteiger partial charge in [0.2, 0.25) is 0 Å². The molecule has 4 aromatic carbocycles. The van der Waals surface area contributed by atoms with Crippen molar-refractivity contribution in [3.63, 3.8) is 0 Å². The van der Waals surface area contributed by atoms with E-state index in [-0.39, 0.29) is 12.5 Å². The zero-order valence-electron chi connectivity index (χ0n) is 20.2. The number of ether oxygens (including phenoxy) is 3. The van der Waals surface area contributed by atoms with Gasteiger partial charge in [0.05, 0.1) is 16.4 Å². The lowest BCUT2D eigenvalue weighted by atomic mass is 10.2. The third kappa shape index (κ3) is 7.47. The highest BCUT2D eigenvalue weighted by Gasteiger charge is 2.14. The number of rotatable bonds is 9. The van der Waals surface area contributed by atoms with Crippen LogP contribution in [0.4, 0.5) is 11.4 Å². The molecule has 0 radical (unpaired) electrons. The molecule has 4 rings (SSSR count). The molecule has 0 heterocycles. The zero-order chi connectivity index (χ0) is 26.2. The first-order valence-electron chi connectivity index (χ1n) is 11.3. The van der Waals surface area contributed by atoms with Crippen molar-refractivity contribution in [2.24, 2.45) is 4.99 Å².